The van der Waals surface area contributed by atoms with Crippen molar-refractivity contribution < 1.29 is 9.59 Å². The van der Waals surface area contributed by atoms with Gasteiger partial charge in [-0.25, -0.2) is 4.90 Å². The molecule has 3 aromatic carbocycles. The van der Waals surface area contributed by atoms with Gasteiger partial charge in [-0.2, -0.15) is 0 Å². The Morgan fingerprint density at radius 1 is 0.676 bits per heavy atom. The molecule has 2 heterocycles. The highest BCUT2D eigenvalue weighted by molar-refractivity contribution is 6.24. The molecule has 2 aliphatic heterocycles. The quantitative estimate of drug-likeness (QED) is 0.456. The van der Waals surface area contributed by atoms with Gasteiger partial charge >= 0.3 is 0 Å². The summed E-state index contributed by atoms with van der Waals surface area (Å²) in [5, 5.41) is 0. The smallest absolute Gasteiger partial charge is 0.240 e. The number of fused-ring (bicyclic) bond motifs is 7. The van der Waals surface area contributed by atoms with Crippen LogP contribution in [0.15, 0.2) is 90.5 Å². The molecule has 168 valence electrons. The zero-order valence-electron chi connectivity index (χ0n) is 18.9. The highest BCUT2D eigenvalue weighted by Crippen LogP contribution is 2.59. The lowest BCUT2D eigenvalue weighted by molar-refractivity contribution is -0.122. The van der Waals surface area contributed by atoms with E-state index in [2.05, 4.69) is 41.3 Å². The largest absolute Gasteiger partial charge is 0.333 e. The molecular formula is C30H26N2O2. The van der Waals surface area contributed by atoms with E-state index in [0.29, 0.717) is 5.69 Å². The number of hydrogen-bond acceptors (Lipinski definition) is 3. The summed E-state index contributed by atoms with van der Waals surface area (Å²) in [7, 11) is 0. The van der Waals surface area contributed by atoms with Gasteiger partial charge in [-0.15, -0.1) is 0 Å². The minimum atomic E-state index is -0.387. The van der Waals surface area contributed by atoms with Gasteiger partial charge in [0.1, 0.15) is 0 Å². The number of rotatable bonds is 2. The Kier molecular flexibility index (Phi) is 4.32. The number of nitrogens with zero attached hydrogens (tertiary/aromatic N) is 2. The maximum atomic E-state index is 14.2. The molecule has 1 saturated heterocycles. The second kappa shape index (κ2) is 7.42. The number of allylic oxidation sites excluding steroid dienone is 1. The first-order chi connectivity index (χ1) is 16.8. The molecule has 4 aliphatic rings. The fraction of sp³-hybridized carbons (Fsp3) is 0.267. The fourth-order valence-corrected chi connectivity index (χ4v) is 7.01. The summed E-state index contributed by atoms with van der Waals surface area (Å²) in [6, 6.07) is 28.2. The molecular weight excluding hydrogens is 420 g/mol. The van der Waals surface area contributed by atoms with Gasteiger partial charge in [0.25, 0.3) is 0 Å². The van der Waals surface area contributed by atoms with E-state index in [-0.39, 0.29) is 35.6 Å². The van der Waals surface area contributed by atoms with Gasteiger partial charge in [0.05, 0.1) is 23.6 Å². The number of benzene rings is 3. The summed E-state index contributed by atoms with van der Waals surface area (Å²) in [4.78, 5) is 31.9. The molecule has 0 N–H and O–H groups in total. The number of anilines is 3. The van der Waals surface area contributed by atoms with Crippen molar-refractivity contribution in [3.05, 3.63) is 96.1 Å². The number of carbonyl (C=O) groups excluding carboxylic acids is 2. The minimum absolute atomic E-state index is 0.0198. The molecule has 4 atom stereocenters. The van der Waals surface area contributed by atoms with Crippen LogP contribution in [0.3, 0.4) is 0 Å². The van der Waals surface area contributed by atoms with Gasteiger partial charge in [-0.05, 0) is 61.1 Å². The zero-order chi connectivity index (χ0) is 22.8. The molecule has 2 amide bonds. The predicted octanol–water partition coefficient (Wildman–Crippen LogP) is 5.97. The van der Waals surface area contributed by atoms with E-state index in [1.54, 1.807) is 0 Å². The van der Waals surface area contributed by atoms with Gasteiger partial charge in [0, 0.05) is 16.9 Å². The summed E-state index contributed by atoms with van der Waals surface area (Å²) in [5.41, 5.74) is 6.86. The number of imide groups is 1. The average Bonchev–Trinajstić information content (AvgIpc) is 3.37. The number of carbonyl (C=O) groups is 2. The first-order valence-corrected chi connectivity index (χ1v) is 12.3. The van der Waals surface area contributed by atoms with E-state index in [9.17, 15) is 9.59 Å². The third kappa shape index (κ3) is 2.60. The zero-order valence-corrected chi connectivity index (χ0v) is 18.9. The molecule has 34 heavy (non-hydrogen) atoms. The van der Waals surface area contributed by atoms with Crippen molar-refractivity contribution in [2.75, 3.05) is 9.80 Å². The third-order valence-electron chi connectivity index (χ3n) is 8.25. The SMILES string of the molecule is O=C1[C@@H]2[C@@H]3CCCCC3=C3c4ccccc4N(c4ccccc4)C3[C@@H]2C(=O)N1c1ccccc1. The molecule has 3 aromatic rings. The molecule has 1 unspecified atom stereocenters. The summed E-state index contributed by atoms with van der Waals surface area (Å²) < 4.78 is 0. The highest BCUT2D eigenvalue weighted by Gasteiger charge is 2.61. The number of hydrogen-bond donors (Lipinski definition) is 0. The Labute approximate surface area is 199 Å². The molecule has 2 fully saturated rings. The van der Waals surface area contributed by atoms with Crippen molar-refractivity contribution in [2.45, 2.75) is 31.7 Å². The summed E-state index contributed by atoms with van der Waals surface area (Å²) in [5.74, 6) is -0.603. The van der Waals surface area contributed by atoms with Crippen LogP contribution < -0.4 is 9.80 Å². The van der Waals surface area contributed by atoms with Gasteiger partial charge < -0.3 is 4.90 Å². The minimum Gasteiger partial charge on any atom is -0.333 e. The van der Waals surface area contributed by atoms with Crippen molar-refractivity contribution in [2.24, 2.45) is 17.8 Å². The van der Waals surface area contributed by atoms with E-state index in [0.717, 1.165) is 37.1 Å². The van der Waals surface area contributed by atoms with Crippen LogP contribution in [0.2, 0.25) is 0 Å². The van der Waals surface area contributed by atoms with Gasteiger partial charge in [0.15, 0.2) is 0 Å². The van der Waals surface area contributed by atoms with Crippen LogP contribution in [0.5, 0.6) is 0 Å². The van der Waals surface area contributed by atoms with Crippen LogP contribution in [-0.4, -0.2) is 17.9 Å². The van der Waals surface area contributed by atoms with E-state index in [1.807, 2.05) is 48.5 Å². The fourth-order valence-electron chi connectivity index (χ4n) is 7.01. The first-order valence-electron chi connectivity index (χ1n) is 12.3. The summed E-state index contributed by atoms with van der Waals surface area (Å²) >= 11 is 0. The maximum Gasteiger partial charge on any atom is 0.240 e. The Bertz CT molecular complexity index is 1330. The molecule has 4 heteroatoms. The Morgan fingerprint density at radius 3 is 2.09 bits per heavy atom. The Balaban J connectivity index is 1.47. The topological polar surface area (TPSA) is 40.6 Å². The predicted molar refractivity (Wildman–Crippen MR) is 134 cm³/mol. The Morgan fingerprint density at radius 2 is 1.32 bits per heavy atom. The third-order valence-corrected chi connectivity index (χ3v) is 8.25. The lowest BCUT2D eigenvalue weighted by atomic mass is 9.62. The lowest BCUT2D eigenvalue weighted by Gasteiger charge is -2.43. The molecule has 0 spiro atoms. The van der Waals surface area contributed by atoms with Crippen molar-refractivity contribution in [3.63, 3.8) is 0 Å². The monoisotopic (exact) mass is 446 g/mol. The van der Waals surface area contributed by atoms with Crippen LogP contribution in [0, 0.1) is 17.8 Å². The van der Waals surface area contributed by atoms with Crippen molar-refractivity contribution in [1.29, 1.82) is 0 Å². The van der Waals surface area contributed by atoms with Crippen LogP contribution >= 0.6 is 0 Å². The standard InChI is InChI=1S/C30H26N2O2/c33-29-26-22-16-8-7-15-21(22)25-23-17-9-10-18-24(23)31(19-11-3-1-4-12-19)28(25)27(26)30(34)32(29)20-13-5-2-6-14-20/h1-6,9-14,17-18,22,26-28H,7-8,15-16H2/t22-,26-,27-,28?/m1/s1. The van der Waals surface area contributed by atoms with Crippen LogP contribution in [-0.2, 0) is 9.59 Å². The number of amides is 2. The van der Waals surface area contributed by atoms with E-state index >= 15 is 0 Å². The normalized spacial score (nSPS) is 27.4. The molecule has 0 bridgehead atoms. The first kappa shape index (κ1) is 19.8. The van der Waals surface area contributed by atoms with Crippen molar-refractivity contribution in [1.82, 2.24) is 0 Å². The molecule has 7 rings (SSSR count). The lowest BCUT2D eigenvalue weighted by Crippen LogP contribution is -2.47. The molecule has 0 radical (unpaired) electrons. The van der Waals surface area contributed by atoms with Crippen LogP contribution in [0.1, 0.15) is 31.2 Å². The summed E-state index contributed by atoms with van der Waals surface area (Å²) in [6.07, 6.45) is 4.27. The second-order valence-corrected chi connectivity index (χ2v) is 9.86. The van der Waals surface area contributed by atoms with Crippen molar-refractivity contribution >= 4 is 34.4 Å². The van der Waals surface area contributed by atoms with Gasteiger partial charge in [-0.1, -0.05) is 66.6 Å². The maximum absolute atomic E-state index is 14.2. The summed E-state index contributed by atoms with van der Waals surface area (Å²) in [6.45, 7) is 0. The Hall–Kier alpha value is -3.66. The van der Waals surface area contributed by atoms with E-state index in [4.69, 9.17) is 0 Å². The van der Waals surface area contributed by atoms with Gasteiger partial charge in [0.2, 0.25) is 11.8 Å². The molecule has 1 saturated carbocycles. The molecule has 2 aliphatic carbocycles. The molecule has 0 aromatic heterocycles. The van der Waals surface area contributed by atoms with E-state index in [1.165, 1.54) is 21.6 Å². The van der Waals surface area contributed by atoms with Crippen LogP contribution in [0.4, 0.5) is 17.1 Å². The average molecular weight is 447 g/mol. The van der Waals surface area contributed by atoms with Gasteiger partial charge in [-0.3, -0.25) is 9.59 Å². The van der Waals surface area contributed by atoms with Crippen molar-refractivity contribution in [3.8, 4) is 0 Å². The second-order valence-electron chi connectivity index (χ2n) is 9.86. The molecule has 4 nitrogen and oxygen atoms in total. The van der Waals surface area contributed by atoms with Crippen LogP contribution in [0.25, 0.3) is 5.57 Å². The van der Waals surface area contributed by atoms with E-state index < -0.39 is 0 Å². The highest BCUT2D eigenvalue weighted by atomic mass is 16.2. The number of para-hydroxylation sites is 3.